The highest BCUT2D eigenvalue weighted by molar-refractivity contribution is 6.30. The van der Waals surface area contributed by atoms with E-state index in [0.29, 0.717) is 16.5 Å². The van der Waals surface area contributed by atoms with Crippen molar-refractivity contribution in [1.82, 2.24) is 19.1 Å². The van der Waals surface area contributed by atoms with Gasteiger partial charge in [0.1, 0.15) is 5.75 Å². The van der Waals surface area contributed by atoms with Crippen molar-refractivity contribution in [3.63, 3.8) is 0 Å². The summed E-state index contributed by atoms with van der Waals surface area (Å²) >= 11 is 5.99. The summed E-state index contributed by atoms with van der Waals surface area (Å²) in [7, 11) is 0. The second kappa shape index (κ2) is 10.7. The van der Waals surface area contributed by atoms with Gasteiger partial charge in [-0.3, -0.25) is 4.57 Å². The van der Waals surface area contributed by atoms with Gasteiger partial charge in [-0.05, 0) is 67.8 Å². The van der Waals surface area contributed by atoms with Gasteiger partial charge in [0.15, 0.2) is 5.69 Å². The van der Waals surface area contributed by atoms with Crippen LogP contribution in [0.4, 0.5) is 11.6 Å². The summed E-state index contributed by atoms with van der Waals surface area (Å²) in [4.78, 5) is 45.0. The number of hydrogen-bond donors (Lipinski definition) is 2. The van der Waals surface area contributed by atoms with Crippen LogP contribution >= 0.6 is 11.6 Å². The van der Waals surface area contributed by atoms with Gasteiger partial charge in [-0.25, -0.2) is 23.9 Å². The number of carbonyl (C=O) groups is 1. The minimum atomic E-state index is -1.15. The van der Waals surface area contributed by atoms with Crippen molar-refractivity contribution in [3.8, 4) is 11.6 Å². The zero-order valence-corrected chi connectivity index (χ0v) is 21.1. The van der Waals surface area contributed by atoms with Gasteiger partial charge in [0.05, 0.1) is 6.54 Å². The summed E-state index contributed by atoms with van der Waals surface area (Å²) in [6.07, 6.45) is 0. The van der Waals surface area contributed by atoms with Gasteiger partial charge in [0, 0.05) is 23.3 Å². The van der Waals surface area contributed by atoms with Crippen LogP contribution in [0.25, 0.3) is 0 Å². The van der Waals surface area contributed by atoms with Crippen molar-refractivity contribution in [2.75, 3.05) is 5.32 Å². The van der Waals surface area contributed by atoms with Crippen LogP contribution in [0, 0.1) is 13.8 Å². The van der Waals surface area contributed by atoms with Crippen molar-refractivity contribution in [2.24, 2.45) is 0 Å². The van der Waals surface area contributed by atoms with Crippen LogP contribution in [0.1, 0.15) is 34.1 Å². The molecule has 0 radical (unpaired) electrons. The number of aromatic nitrogens is 4. The van der Waals surface area contributed by atoms with Crippen LogP contribution in [-0.2, 0) is 13.1 Å². The summed E-state index contributed by atoms with van der Waals surface area (Å²) in [5.41, 5.74) is 1.68. The third-order valence-electron chi connectivity index (χ3n) is 5.86. The van der Waals surface area contributed by atoms with Crippen LogP contribution in [-0.4, -0.2) is 30.2 Å². The number of anilines is 2. The Kier molecular flexibility index (Phi) is 7.40. The van der Waals surface area contributed by atoms with E-state index in [4.69, 9.17) is 21.4 Å². The van der Waals surface area contributed by atoms with Crippen LogP contribution in [0.5, 0.6) is 11.6 Å². The van der Waals surface area contributed by atoms with E-state index in [2.05, 4.69) is 15.3 Å². The van der Waals surface area contributed by atoms with E-state index in [1.54, 1.807) is 55.5 Å². The molecule has 0 fully saturated rings. The average molecular weight is 522 g/mol. The van der Waals surface area contributed by atoms with E-state index in [9.17, 15) is 14.4 Å². The molecule has 0 amide bonds. The van der Waals surface area contributed by atoms with Gasteiger partial charge < -0.3 is 15.2 Å². The maximum absolute atomic E-state index is 13.1. The minimum Gasteiger partial charge on any atom is -0.477 e. The number of benzene rings is 2. The van der Waals surface area contributed by atoms with Gasteiger partial charge in [-0.1, -0.05) is 29.8 Å². The monoisotopic (exact) mass is 521 g/mol. The Labute approximate surface area is 216 Å². The standard InChI is InChI=1S/C26H24ClN5O5/c1-4-31-25(35)30-24(32(26(31)36)14-17-8-10-18(27)11-9-17)29-19-12-13-21(16(3)15(19)2)37-22-7-5-6-20(28-22)23(33)34/h5-13H,4,14H2,1-3H3,(H,33,34)(H,29,30,35). The lowest BCUT2D eigenvalue weighted by Gasteiger charge is -2.18. The number of rotatable bonds is 8. The molecule has 0 bridgehead atoms. The normalized spacial score (nSPS) is 10.8. The number of halogens is 1. The number of carboxylic acids is 1. The van der Waals surface area contributed by atoms with Crippen LogP contribution in [0.2, 0.25) is 5.02 Å². The zero-order chi connectivity index (χ0) is 26.7. The number of nitrogens with zero attached hydrogens (tertiary/aromatic N) is 4. The fourth-order valence-electron chi connectivity index (χ4n) is 3.68. The van der Waals surface area contributed by atoms with Crippen LogP contribution < -0.4 is 21.4 Å². The molecule has 2 heterocycles. The van der Waals surface area contributed by atoms with Gasteiger partial charge in [0.2, 0.25) is 11.8 Å². The molecule has 0 aliphatic rings. The molecule has 2 aromatic carbocycles. The Morgan fingerprint density at radius 2 is 1.73 bits per heavy atom. The molecule has 4 aromatic rings. The highest BCUT2D eigenvalue weighted by Gasteiger charge is 2.16. The molecular weight excluding hydrogens is 498 g/mol. The smallest absolute Gasteiger partial charge is 0.354 e. The number of pyridine rings is 1. The first kappa shape index (κ1) is 25.6. The molecule has 0 saturated heterocycles. The first-order valence-corrected chi connectivity index (χ1v) is 11.8. The maximum atomic E-state index is 13.1. The Hall–Kier alpha value is -4.44. The Morgan fingerprint density at radius 1 is 1.00 bits per heavy atom. The summed E-state index contributed by atoms with van der Waals surface area (Å²) in [6, 6.07) is 15.0. The first-order chi connectivity index (χ1) is 17.7. The fourth-order valence-corrected chi connectivity index (χ4v) is 3.80. The quantitative estimate of drug-likeness (QED) is 0.350. The Balaban J connectivity index is 1.69. The van der Waals surface area contributed by atoms with Crippen LogP contribution in [0.3, 0.4) is 0 Å². The summed E-state index contributed by atoms with van der Waals surface area (Å²) in [5.74, 6) is -0.433. The van der Waals surface area contributed by atoms with Gasteiger partial charge >= 0.3 is 17.3 Å². The van der Waals surface area contributed by atoms with Gasteiger partial charge in [0.25, 0.3) is 0 Å². The van der Waals surface area contributed by atoms with Crippen LogP contribution in [0.15, 0.2) is 64.2 Å². The Morgan fingerprint density at radius 3 is 2.41 bits per heavy atom. The van der Waals surface area contributed by atoms with E-state index < -0.39 is 17.3 Å². The van der Waals surface area contributed by atoms with E-state index in [-0.39, 0.29) is 30.6 Å². The van der Waals surface area contributed by atoms with E-state index >= 15 is 0 Å². The minimum absolute atomic E-state index is 0.0987. The second-order valence-electron chi connectivity index (χ2n) is 8.21. The highest BCUT2D eigenvalue weighted by Crippen LogP contribution is 2.31. The molecule has 4 rings (SSSR count). The van der Waals surface area contributed by atoms with Crippen molar-refractivity contribution in [2.45, 2.75) is 33.9 Å². The number of carboxylic acid groups (broad SMARTS) is 1. The number of hydrogen-bond acceptors (Lipinski definition) is 7. The van der Waals surface area contributed by atoms with E-state index in [0.717, 1.165) is 21.3 Å². The zero-order valence-electron chi connectivity index (χ0n) is 20.4. The molecule has 11 heteroatoms. The molecule has 2 N–H and O–H groups in total. The average Bonchev–Trinajstić information content (AvgIpc) is 2.87. The largest absolute Gasteiger partial charge is 0.477 e. The lowest BCUT2D eigenvalue weighted by Crippen LogP contribution is -2.42. The second-order valence-corrected chi connectivity index (χ2v) is 8.65. The SMILES string of the molecule is CCn1c(=O)nc(Nc2ccc(Oc3cccc(C(=O)O)n3)c(C)c2C)n(Cc2ccc(Cl)cc2)c1=O. The molecule has 10 nitrogen and oxygen atoms in total. The summed E-state index contributed by atoms with van der Waals surface area (Å²) < 4.78 is 8.29. The fraction of sp³-hybridized carbons (Fsp3) is 0.192. The molecule has 0 aliphatic carbocycles. The number of ether oxygens (including phenoxy) is 1. The number of nitrogens with one attached hydrogen (secondary N) is 1. The third-order valence-corrected chi connectivity index (χ3v) is 6.11. The molecule has 0 aliphatic heterocycles. The molecule has 0 spiro atoms. The predicted molar refractivity (Wildman–Crippen MR) is 139 cm³/mol. The molecule has 0 atom stereocenters. The van der Waals surface area contributed by atoms with E-state index in [1.807, 2.05) is 13.8 Å². The third kappa shape index (κ3) is 5.54. The molecule has 2 aromatic heterocycles. The van der Waals surface area contributed by atoms with E-state index in [1.165, 1.54) is 10.6 Å². The van der Waals surface area contributed by atoms with Crippen molar-refractivity contribution < 1.29 is 14.6 Å². The van der Waals surface area contributed by atoms with Crippen molar-refractivity contribution in [1.29, 1.82) is 0 Å². The van der Waals surface area contributed by atoms with Crippen molar-refractivity contribution in [3.05, 3.63) is 103 Å². The maximum Gasteiger partial charge on any atom is 0.354 e. The summed E-state index contributed by atoms with van der Waals surface area (Å²) in [6.45, 7) is 5.75. The molecule has 37 heavy (non-hydrogen) atoms. The van der Waals surface area contributed by atoms with Gasteiger partial charge in [-0.15, -0.1) is 0 Å². The first-order valence-electron chi connectivity index (χ1n) is 11.4. The van der Waals surface area contributed by atoms with Crippen molar-refractivity contribution >= 4 is 29.2 Å². The lowest BCUT2D eigenvalue weighted by molar-refractivity contribution is 0.0689. The number of aromatic carboxylic acids is 1. The molecule has 190 valence electrons. The predicted octanol–water partition coefficient (Wildman–Crippen LogP) is 4.37. The van der Waals surface area contributed by atoms with Gasteiger partial charge in [-0.2, -0.15) is 4.98 Å². The molecular formula is C26H24ClN5O5. The topological polar surface area (TPSA) is 128 Å². The summed E-state index contributed by atoms with van der Waals surface area (Å²) in [5, 5.41) is 12.9. The Bertz CT molecular complexity index is 1590. The lowest BCUT2D eigenvalue weighted by atomic mass is 10.1. The highest BCUT2D eigenvalue weighted by atomic mass is 35.5. The molecule has 0 saturated carbocycles. The molecule has 0 unspecified atom stereocenters.